The van der Waals surface area contributed by atoms with Gasteiger partial charge in [0.25, 0.3) is 5.91 Å². The highest BCUT2D eigenvalue weighted by molar-refractivity contribution is 5.99. The Morgan fingerprint density at radius 2 is 1.62 bits per heavy atom. The first-order valence-electron chi connectivity index (χ1n) is 14.6. The molecule has 6 rings (SSSR count). The van der Waals surface area contributed by atoms with Crippen LogP contribution in [-0.2, 0) is 19.9 Å². The fraction of sp³-hybridized carbons (Fsp3) is 0.278. The number of fused-ring (bicyclic) bond motifs is 1. The number of hydrogen-bond donors (Lipinski definition) is 0. The van der Waals surface area contributed by atoms with E-state index in [2.05, 4.69) is 66.4 Å². The highest BCUT2D eigenvalue weighted by Crippen LogP contribution is 2.31. The van der Waals surface area contributed by atoms with Gasteiger partial charge >= 0.3 is 0 Å². The zero-order valence-electron chi connectivity index (χ0n) is 24.7. The van der Waals surface area contributed by atoms with E-state index in [0.717, 1.165) is 34.1 Å². The lowest BCUT2D eigenvalue weighted by Gasteiger charge is -2.39. The number of likely N-dealkylation sites (tertiary alicyclic amines) is 1. The van der Waals surface area contributed by atoms with E-state index < -0.39 is 0 Å². The fourth-order valence-electron chi connectivity index (χ4n) is 5.73. The van der Waals surface area contributed by atoms with Crippen LogP contribution in [0.25, 0.3) is 22.0 Å². The van der Waals surface area contributed by atoms with Gasteiger partial charge in [-0.3, -0.25) is 19.3 Å². The molecule has 0 radical (unpaired) electrons. The topological polar surface area (TPSA) is 68.1 Å². The lowest BCUT2D eigenvalue weighted by Crippen LogP contribution is -2.48. The molecule has 3 heterocycles. The first kappa shape index (κ1) is 27.6. The third-order valence-electron chi connectivity index (χ3n) is 8.34. The number of hydrogen-bond acceptors (Lipinski definition) is 4. The average Bonchev–Trinajstić information content (AvgIpc) is 3.33. The van der Waals surface area contributed by atoms with Crippen LogP contribution in [0.1, 0.15) is 62.9 Å². The third-order valence-corrected chi connectivity index (χ3v) is 8.34. The molecule has 3 aromatic carbocycles. The quantitative estimate of drug-likeness (QED) is 0.197. The largest absolute Gasteiger partial charge is 0.337 e. The van der Waals surface area contributed by atoms with Gasteiger partial charge in [-0.25, -0.2) is 0 Å². The average molecular weight is 557 g/mol. The highest BCUT2D eigenvalue weighted by Gasteiger charge is 2.32. The summed E-state index contributed by atoms with van der Waals surface area (Å²) in [5, 5.41) is 5.47. The van der Waals surface area contributed by atoms with E-state index in [0.29, 0.717) is 36.1 Å². The summed E-state index contributed by atoms with van der Waals surface area (Å²) in [6.45, 7) is 7.67. The Balaban J connectivity index is 1.08. The minimum absolute atomic E-state index is 0.0131. The predicted molar refractivity (Wildman–Crippen MR) is 167 cm³/mol. The standard InChI is InChI=1S/C36H36N4O2/c1-23(2)15-33-13-11-29(19-37-33)35(41)18-30-17-28(6-5-24(30)3)36(42)40-21-32(22-40)26-9-7-25(8-10-26)27-12-14-34-31(16-27)20-38-39(34)4/h5-14,16-17,19-20,23,32H,15,18,21-22H2,1-4H3. The number of aryl methyl sites for hydroxylation is 2. The molecule has 0 atom stereocenters. The van der Waals surface area contributed by atoms with Crippen LogP contribution >= 0.6 is 0 Å². The number of pyridine rings is 1. The van der Waals surface area contributed by atoms with Crippen molar-refractivity contribution in [3.63, 3.8) is 0 Å². The Kier molecular flexibility index (Phi) is 7.46. The summed E-state index contributed by atoms with van der Waals surface area (Å²) in [5.74, 6) is 0.866. The van der Waals surface area contributed by atoms with Gasteiger partial charge in [0.15, 0.2) is 5.78 Å². The molecule has 42 heavy (non-hydrogen) atoms. The Hall–Kier alpha value is -4.58. The fourth-order valence-corrected chi connectivity index (χ4v) is 5.73. The minimum Gasteiger partial charge on any atom is -0.337 e. The molecule has 1 aliphatic rings. The summed E-state index contributed by atoms with van der Waals surface area (Å²) in [7, 11) is 1.95. The molecule has 1 saturated heterocycles. The van der Waals surface area contributed by atoms with Crippen molar-refractivity contribution in [2.75, 3.05) is 13.1 Å². The number of aromatic nitrogens is 3. The van der Waals surface area contributed by atoms with Crippen LogP contribution in [0.15, 0.2) is 85.2 Å². The number of benzene rings is 3. The summed E-state index contributed by atoms with van der Waals surface area (Å²) in [6, 6.07) is 24.6. The maximum atomic E-state index is 13.3. The molecule has 1 aliphatic heterocycles. The molecule has 0 spiro atoms. The summed E-state index contributed by atoms with van der Waals surface area (Å²) in [5.41, 5.74) is 8.82. The molecule has 6 nitrogen and oxygen atoms in total. The van der Waals surface area contributed by atoms with Crippen LogP contribution in [0.4, 0.5) is 0 Å². The van der Waals surface area contributed by atoms with E-state index in [1.165, 1.54) is 16.7 Å². The van der Waals surface area contributed by atoms with Crippen LogP contribution in [0.2, 0.25) is 0 Å². The molecular formula is C36H36N4O2. The maximum Gasteiger partial charge on any atom is 0.253 e. The predicted octanol–water partition coefficient (Wildman–Crippen LogP) is 6.81. The van der Waals surface area contributed by atoms with E-state index in [1.54, 1.807) is 6.20 Å². The Labute approximate surface area is 247 Å². The van der Waals surface area contributed by atoms with Gasteiger partial charge in [0.1, 0.15) is 0 Å². The van der Waals surface area contributed by atoms with E-state index in [1.807, 2.05) is 60.1 Å². The summed E-state index contributed by atoms with van der Waals surface area (Å²) in [6.07, 6.45) is 4.72. The molecular weight excluding hydrogens is 520 g/mol. The van der Waals surface area contributed by atoms with Crippen molar-refractivity contribution in [3.05, 3.63) is 119 Å². The lowest BCUT2D eigenvalue weighted by molar-refractivity contribution is 0.0602. The Morgan fingerprint density at radius 3 is 2.33 bits per heavy atom. The first-order chi connectivity index (χ1) is 20.2. The van der Waals surface area contributed by atoms with Crippen LogP contribution < -0.4 is 0 Å². The molecule has 0 aliphatic carbocycles. The number of carbonyl (C=O) groups excluding carboxylic acids is 2. The molecule has 0 saturated carbocycles. The van der Waals surface area contributed by atoms with Gasteiger partial charge in [0.05, 0.1) is 11.7 Å². The summed E-state index contributed by atoms with van der Waals surface area (Å²) >= 11 is 0. The van der Waals surface area contributed by atoms with Crippen LogP contribution in [0.3, 0.4) is 0 Å². The van der Waals surface area contributed by atoms with E-state index in [4.69, 9.17) is 0 Å². The Bertz CT molecular complexity index is 1760. The van der Waals surface area contributed by atoms with Crippen LogP contribution in [-0.4, -0.2) is 44.4 Å². The van der Waals surface area contributed by atoms with E-state index >= 15 is 0 Å². The van der Waals surface area contributed by atoms with Gasteiger partial charge in [-0.2, -0.15) is 5.10 Å². The van der Waals surface area contributed by atoms with Crippen LogP contribution in [0, 0.1) is 12.8 Å². The normalized spacial score (nSPS) is 13.5. The lowest BCUT2D eigenvalue weighted by atomic mass is 9.89. The minimum atomic E-state index is 0.0131. The van der Waals surface area contributed by atoms with Gasteiger partial charge in [-0.05, 0) is 83.5 Å². The molecule has 2 aromatic heterocycles. The smallest absolute Gasteiger partial charge is 0.253 e. The second kappa shape index (κ2) is 11.4. The second-order valence-corrected chi connectivity index (χ2v) is 11.9. The van der Waals surface area contributed by atoms with Gasteiger partial charge in [-0.1, -0.05) is 50.2 Å². The number of Topliss-reactive ketones (excluding diaryl/α,β-unsaturated/α-hetero) is 1. The molecule has 0 unspecified atom stereocenters. The first-order valence-corrected chi connectivity index (χ1v) is 14.6. The van der Waals surface area contributed by atoms with Gasteiger partial charge in [0, 0.05) is 60.9 Å². The van der Waals surface area contributed by atoms with Crippen molar-refractivity contribution in [3.8, 4) is 11.1 Å². The Morgan fingerprint density at radius 1 is 0.881 bits per heavy atom. The summed E-state index contributed by atoms with van der Waals surface area (Å²) < 4.78 is 1.88. The van der Waals surface area contributed by atoms with Crippen molar-refractivity contribution in [2.24, 2.45) is 13.0 Å². The van der Waals surface area contributed by atoms with Crippen molar-refractivity contribution in [2.45, 2.75) is 39.5 Å². The molecule has 1 fully saturated rings. The molecule has 6 heteroatoms. The SMILES string of the molecule is Cc1ccc(C(=O)N2CC(c3ccc(-c4ccc5c(cnn5C)c4)cc3)C2)cc1CC(=O)c1ccc(CC(C)C)nc1. The van der Waals surface area contributed by atoms with Crippen molar-refractivity contribution in [1.82, 2.24) is 19.7 Å². The highest BCUT2D eigenvalue weighted by atomic mass is 16.2. The second-order valence-electron chi connectivity index (χ2n) is 11.9. The monoisotopic (exact) mass is 556 g/mol. The molecule has 1 amide bonds. The van der Waals surface area contributed by atoms with Gasteiger partial charge < -0.3 is 4.90 Å². The number of nitrogens with zero attached hydrogens (tertiary/aromatic N) is 4. The van der Waals surface area contributed by atoms with Crippen LogP contribution in [0.5, 0.6) is 0 Å². The van der Waals surface area contributed by atoms with Gasteiger partial charge in [0.2, 0.25) is 0 Å². The molecule has 0 N–H and O–H groups in total. The van der Waals surface area contributed by atoms with E-state index in [-0.39, 0.29) is 18.1 Å². The third kappa shape index (κ3) is 5.62. The molecule has 212 valence electrons. The zero-order chi connectivity index (χ0) is 29.4. The maximum absolute atomic E-state index is 13.3. The van der Waals surface area contributed by atoms with Gasteiger partial charge in [-0.15, -0.1) is 0 Å². The van der Waals surface area contributed by atoms with E-state index in [9.17, 15) is 9.59 Å². The summed E-state index contributed by atoms with van der Waals surface area (Å²) in [4.78, 5) is 32.7. The number of carbonyl (C=O) groups is 2. The van der Waals surface area contributed by atoms with Crippen molar-refractivity contribution in [1.29, 1.82) is 0 Å². The number of amides is 1. The molecule has 0 bridgehead atoms. The number of ketones is 1. The van der Waals surface area contributed by atoms with Crippen molar-refractivity contribution < 1.29 is 9.59 Å². The number of rotatable bonds is 8. The molecule has 5 aromatic rings. The van der Waals surface area contributed by atoms with Crippen molar-refractivity contribution >= 4 is 22.6 Å². The zero-order valence-corrected chi connectivity index (χ0v) is 24.7.